The fourth-order valence-electron chi connectivity index (χ4n) is 1.76. The number of halogens is 4. The highest BCUT2D eigenvalue weighted by Gasteiger charge is 2.29. The van der Waals surface area contributed by atoms with Crippen LogP contribution in [0.3, 0.4) is 0 Å². The molecule has 2 heterocycles. The number of alkyl halides is 3. The zero-order valence-electron chi connectivity index (χ0n) is 12.9. The Morgan fingerprint density at radius 3 is 2.60 bits per heavy atom. The monoisotopic (exact) mass is 358 g/mol. The normalized spacial score (nSPS) is 12.5. The molecule has 2 aromatic rings. The van der Waals surface area contributed by atoms with E-state index < -0.39 is 30.5 Å². The number of hydrogen-bond acceptors (Lipinski definition) is 6. The standard InChI is InChI=1S/C14H14F4N6O/c1-7(13(25)22-6-14(16,17)18)23-12-9(15)5-21-11(24-12)8-2-3-10(19)20-4-8/h2-5,7H,6H2,1H3,(H2,19,20)(H,22,25)(H,21,23,24)/t7-/m0/s1. The Morgan fingerprint density at radius 2 is 2.00 bits per heavy atom. The van der Waals surface area contributed by atoms with E-state index in [2.05, 4.69) is 20.3 Å². The third-order valence-electron chi connectivity index (χ3n) is 3.00. The van der Waals surface area contributed by atoms with Crippen molar-refractivity contribution < 1.29 is 22.4 Å². The van der Waals surface area contributed by atoms with Gasteiger partial charge in [-0.3, -0.25) is 4.79 Å². The second kappa shape index (κ2) is 7.28. The molecule has 4 N–H and O–H groups in total. The highest BCUT2D eigenvalue weighted by molar-refractivity contribution is 5.84. The van der Waals surface area contributed by atoms with Crippen LogP contribution in [0.25, 0.3) is 11.4 Å². The molecule has 0 saturated carbocycles. The summed E-state index contributed by atoms with van der Waals surface area (Å²) in [5, 5.41) is 4.12. The first-order chi connectivity index (χ1) is 11.7. The van der Waals surface area contributed by atoms with E-state index in [1.165, 1.54) is 19.2 Å². The first-order valence-electron chi connectivity index (χ1n) is 7.01. The van der Waals surface area contributed by atoms with Crippen LogP contribution in [-0.4, -0.2) is 39.6 Å². The van der Waals surface area contributed by atoms with Crippen LogP contribution in [-0.2, 0) is 4.79 Å². The van der Waals surface area contributed by atoms with Gasteiger partial charge in [-0.15, -0.1) is 0 Å². The average molecular weight is 358 g/mol. The molecule has 134 valence electrons. The number of nitrogen functional groups attached to an aromatic ring is 1. The Balaban J connectivity index is 2.12. The summed E-state index contributed by atoms with van der Waals surface area (Å²) in [5.74, 6) is -1.75. The minimum Gasteiger partial charge on any atom is -0.384 e. The maximum absolute atomic E-state index is 13.8. The summed E-state index contributed by atoms with van der Waals surface area (Å²) in [4.78, 5) is 23.2. The Kier molecular flexibility index (Phi) is 5.35. The summed E-state index contributed by atoms with van der Waals surface area (Å²) in [7, 11) is 0. The summed E-state index contributed by atoms with van der Waals surface area (Å²) < 4.78 is 50.1. The third kappa shape index (κ3) is 5.26. The number of amides is 1. The number of pyridine rings is 1. The highest BCUT2D eigenvalue weighted by atomic mass is 19.4. The number of anilines is 2. The van der Waals surface area contributed by atoms with E-state index in [9.17, 15) is 22.4 Å². The molecule has 0 spiro atoms. The zero-order chi connectivity index (χ0) is 18.6. The van der Waals surface area contributed by atoms with Crippen molar-refractivity contribution in [2.24, 2.45) is 0 Å². The van der Waals surface area contributed by atoms with Gasteiger partial charge in [-0.2, -0.15) is 13.2 Å². The Morgan fingerprint density at radius 1 is 1.28 bits per heavy atom. The molecule has 0 aliphatic rings. The fourth-order valence-corrected chi connectivity index (χ4v) is 1.76. The molecular formula is C14H14F4N6O. The van der Waals surface area contributed by atoms with Gasteiger partial charge in [0, 0.05) is 11.8 Å². The number of nitrogens with zero attached hydrogens (tertiary/aromatic N) is 3. The lowest BCUT2D eigenvalue weighted by atomic mass is 10.2. The molecule has 0 unspecified atom stereocenters. The van der Waals surface area contributed by atoms with Gasteiger partial charge >= 0.3 is 6.18 Å². The number of nitrogens with one attached hydrogen (secondary N) is 2. The Labute approximate surface area is 139 Å². The maximum atomic E-state index is 13.8. The SMILES string of the molecule is C[C@H](Nc1nc(-c2ccc(N)nc2)ncc1F)C(=O)NCC(F)(F)F. The van der Waals surface area contributed by atoms with Gasteiger partial charge in [0.25, 0.3) is 0 Å². The van der Waals surface area contributed by atoms with Gasteiger partial charge < -0.3 is 16.4 Å². The lowest BCUT2D eigenvalue weighted by Crippen LogP contribution is -2.42. The van der Waals surface area contributed by atoms with Gasteiger partial charge in [0.15, 0.2) is 17.5 Å². The summed E-state index contributed by atoms with van der Waals surface area (Å²) in [5.41, 5.74) is 5.92. The molecule has 2 aromatic heterocycles. The van der Waals surface area contributed by atoms with Crippen molar-refractivity contribution in [2.45, 2.75) is 19.1 Å². The van der Waals surface area contributed by atoms with Crippen LogP contribution in [0.5, 0.6) is 0 Å². The maximum Gasteiger partial charge on any atom is 0.405 e. The molecule has 0 aliphatic carbocycles. The first kappa shape index (κ1) is 18.4. The lowest BCUT2D eigenvalue weighted by Gasteiger charge is -2.16. The number of carbonyl (C=O) groups is 1. The number of hydrogen-bond donors (Lipinski definition) is 3. The molecule has 7 nitrogen and oxygen atoms in total. The van der Waals surface area contributed by atoms with Crippen molar-refractivity contribution in [3.8, 4) is 11.4 Å². The van der Waals surface area contributed by atoms with Crippen molar-refractivity contribution in [1.29, 1.82) is 0 Å². The van der Waals surface area contributed by atoms with Gasteiger partial charge in [0.05, 0.1) is 6.20 Å². The molecular weight excluding hydrogens is 344 g/mol. The van der Waals surface area contributed by atoms with Gasteiger partial charge in [-0.25, -0.2) is 19.3 Å². The van der Waals surface area contributed by atoms with Crippen LogP contribution in [0.15, 0.2) is 24.5 Å². The van der Waals surface area contributed by atoms with E-state index in [1.54, 1.807) is 11.4 Å². The van der Waals surface area contributed by atoms with Gasteiger partial charge in [0.1, 0.15) is 18.4 Å². The van der Waals surface area contributed by atoms with Crippen molar-refractivity contribution in [1.82, 2.24) is 20.3 Å². The van der Waals surface area contributed by atoms with Crippen molar-refractivity contribution in [3.05, 3.63) is 30.3 Å². The van der Waals surface area contributed by atoms with Crippen LogP contribution in [0, 0.1) is 5.82 Å². The Bertz CT molecular complexity index is 750. The van der Waals surface area contributed by atoms with Crippen molar-refractivity contribution in [2.75, 3.05) is 17.6 Å². The fraction of sp³-hybridized carbons (Fsp3) is 0.286. The summed E-state index contributed by atoms with van der Waals surface area (Å²) >= 11 is 0. The topological polar surface area (TPSA) is 106 Å². The predicted molar refractivity (Wildman–Crippen MR) is 81.8 cm³/mol. The van der Waals surface area contributed by atoms with Crippen LogP contribution in [0.4, 0.5) is 29.2 Å². The molecule has 0 fully saturated rings. The van der Waals surface area contributed by atoms with E-state index in [1.807, 2.05) is 0 Å². The zero-order valence-corrected chi connectivity index (χ0v) is 12.9. The number of rotatable bonds is 5. The van der Waals surface area contributed by atoms with Crippen LogP contribution in [0.1, 0.15) is 6.92 Å². The molecule has 1 amide bonds. The molecule has 0 saturated heterocycles. The van der Waals surface area contributed by atoms with Crippen LogP contribution < -0.4 is 16.4 Å². The molecule has 25 heavy (non-hydrogen) atoms. The minimum absolute atomic E-state index is 0.110. The van der Waals surface area contributed by atoms with Crippen molar-refractivity contribution in [3.63, 3.8) is 0 Å². The number of carbonyl (C=O) groups excluding carboxylic acids is 1. The molecule has 0 aromatic carbocycles. The molecule has 0 bridgehead atoms. The van der Waals surface area contributed by atoms with E-state index in [4.69, 9.17) is 5.73 Å². The van der Waals surface area contributed by atoms with E-state index in [0.717, 1.165) is 6.20 Å². The molecule has 1 atom stereocenters. The minimum atomic E-state index is -4.54. The van der Waals surface area contributed by atoms with Gasteiger partial charge in [-0.1, -0.05) is 0 Å². The van der Waals surface area contributed by atoms with Crippen LogP contribution >= 0.6 is 0 Å². The number of nitrogens with two attached hydrogens (primary N) is 1. The average Bonchev–Trinajstić information content (AvgIpc) is 2.54. The van der Waals surface area contributed by atoms with E-state index in [-0.39, 0.29) is 17.5 Å². The van der Waals surface area contributed by atoms with Gasteiger partial charge in [0.2, 0.25) is 5.91 Å². The van der Waals surface area contributed by atoms with Gasteiger partial charge in [-0.05, 0) is 19.1 Å². The van der Waals surface area contributed by atoms with Crippen LogP contribution in [0.2, 0.25) is 0 Å². The van der Waals surface area contributed by atoms with E-state index >= 15 is 0 Å². The summed E-state index contributed by atoms with van der Waals surface area (Å²) in [6.45, 7) is -0.204. The van der Waals surface area contributed by atoms with E-state index in [0.29, 0.717) is 5.56 Å². The number of aromatic nitrogens is 3. The Hall–Kier alpha value is -2.98. The summed E-state index contributed by atoms with van der Waals surface area (Å²) in [6, 6.07) is 1.92. The quantitative estimate of drug-likeness (QED) is 0.703. The predicted octanol–water partition coefficient (Wildman–Crippen LogP) is 1.74. The lowest BCUT2D eigenvalue weighted by molar-refractivity contribution is -0.138. The molecule has 2 rings (SSSR count). The van der Waals surface area contributed by atoms with Crippen molar-refractivity contribution >= 4 is 17.5 Å². The smallest absolute Gasteiger partial charge is 0.384 e. The second-order valence-corrected chi connectivity index (χ2v) is 5.06. The summed E-state index contributed by atoms with van der Waals surface area (Å²) in [6.07, 6.45) is -2.28. The third-order valence-corrected chi connectivity index (χ3v) is 3.00. The second-order valence-electron chi connectivity index (χ2n) is 5.06. The largest absolute Gasteiger partial charge is 0.405 e. The molecule has 11 heteroatoms. The molecule has 0 radical (unpaired) electrons. The molecule has 0 aliphatic heterocycles. The highest BCUT2D eigenvalue weighted by Crippen LogP contribution is 2.19. The first-order valence-corrected chi connectivity index (χ1v) is 7.01.